The summed E-state index contributed by atoms with van der Waals surface area (Å²) in [5.74, 6) is -2.05. The van der Waals surface area contributed by atoms with Crippen LogP contribution in [-0.2, 0) is 30.9 Å². The lowest BCUT2D eigenvalue weighted by Gasteiger charge is -2.59. The Morgan fingerprint density at radius 1 is 1.02 bits per heavy atom. The number of fused-ring (bicyclic) bond motifs is 3. The molecular formula is C50H60N4O10S. The number of likely N-dealkylation sites (N-methyl/N-ethyl adjacent to an activating group) is 1. The van der Waals surface area contributed by atoms with Crippen molar-refractivity contribution in [2.75, 3.05) is 33.5 Å². The number of aliphatic hydroxyl groups is 2. The van der Waals surface area contributed by atoms with Crippen molar-refractivity contribution in [2.24, 2.45) is 22.9 Å². The van der Waals surface area contributed by atoms with Gasteiger partial charge in [-0.15, -0.1) is 6.58 Å². The summed E-state index contributed by atoms with van der Waals surface area (Å²) < 4.78 is 57.9. The normalized spacial score (nSPS) is 25.5. The molecule has 0 radical (unpaired) electrons. The minimum absolute atomic E-state index is 0.0306. The monoisotopic (exact) mass is 908 g/mol. The summed E-state index contributed by atoms with van der Waals surface area (Å²) in [6.45, 7) is 4.94. The molecule has 1 amide bonds. The first-order chi connectivity index (χ1) is 31.7. The predicted molar refractivity (Wildman–Crippen MR) is 246 cm³/mol. The molecule has 4 aliphatic rings. The lowest BCUT2D eigenvalue weighted by Crippen LogP contribution is -2.69. The number of carbonyl (C=O) groups is 1. The second-order valence-corrected chi connectivity index (χ2v) is 19.2. The molecule has 346 valence electrons. The fourth-order valence-electron chi connectivity index (χ4n) is 10.2. The number of amides is 1. The first-order valence-electron chi connectivity index (χ1n) is 22.9. The number of unbranched alkanes of at least 4 members (excludes halogenated alkanes) is 2. The van der Waals surface area contributed by atoms with Crippen LogP contribution in [0.4, 0.5) is 4.79 Å². The third-order valence-electron chi connectivity index (χ3n) is 13.2. The Labute approximate surface area is 381 Å². The van der Waals surface area contributed by atoms with Crippen LogP contribution in [-0.4, -0.2) is 91.3 Å². The average molecular weight is 909 g/mol. The fourth-order valence-corrected chi connectivity index (χ4v) is 11.7. The molecule has 2 fully saturated rings. The highest BCUT2D eigenvalue weighted by Crippen LogP contribution is 2.62. The topological polar surface area (TPSA) is 178 Å². The van der Waals surface area contributed by atoms with Crippen LogP contribution in [0.15, 0.2) is 119 Å². The number of aromatic nitrogens is 1. The number of nitrogens with one attached hydrogen (secondary N) is 1. The molecule has 0 spiro atoms. The maximum absolute atomic E-state index is 15.2. The van der Waals surface area contributed by atoms with Gasteiger partial charge in [-0.05, 0) is 91.8 Å². The number of oxime groups is 1. The van der Waals surface area contributed by atoms with Crippen LogP contribution in [0.2, 0.25) is 0 Å². The molecule has 1 saturated carbocycles. The van der Waals surface area contributed by atoms with Crippen molar-refractivity contribution in [3.05, 3.63) is 120 Å². The number of rotatable bonds is 19. The minimum Gasteiger partial charge on any atom is -0.460 e. The molecule has 3 N–H and O–H groups in total. The molecule has 1 aromatic heterocycles. The van der Waals surface area contributed by atoms with Crippen molar-refractivity contribution < 1.29 is 47.2 Å². The van der Waals surface area contributed by atoms with E-state index in [4.69, 9.17) is 28.9 Å². The minimum atomic E-state index is -4.31. The largest absolute Gasteiger partial charge is 0.460 e. The van der Waals surface area contributed by atoms with Crippen LogP contribution in [0.3, 0.4) is 0 Å². The smallest absolute Gasteiger partial charge is 0.412 e. The number of sulfonamides is 1. The van der Waals surface area contributed by atoms with Crippen LogP contribution >= 0.6 is 0 Å². The summed E-state index contributed by atoms with van der Waals surface area (Å²) in [6, 6.07) is 22.5. The van der Waals surface area contributed by atoms with E-state index < -0.39 is 46.1 Å². The number of hydrogen-bond donors (Lipinski definition) is 3. The van der Waals surface area contributed by atoms with E-state index in [2.05, 4.69) is 23.0 Å². The van der Waals surface area contributed by atoms with Crippen molar-refractivity contribution in [2.45, 2.75) is 99.7 Å². The lowest BCUT2D eigenvalue weighted by molar-refractivity contribution is -0.250. The fraction of sp³-hybridized carbons (Fsp3) is 0.460. The van der Waals surface area contributed by atoms with Gasteiger partial charge in [-0.25, -0.2) is 13.2 Å². The van der Waals surface area contributed by atoms with E-state index in [-0.39, 0.29) is 49.5 Å². The third kappa shape index (κ3) is 9.86. The Morgan fingerprint density at radius 2 is 1.82 bits per heavy atom. The van der Waals surface area contributed by atoms with Crippen LogP contribution in [0.1, 0.15) is 81.3 Å². The molecule has 3 heterocycles. The van der Waals surface area contributed by atoms with E-state index in [1.807, 2.05) is 48.5 Å². The SMILES string of the molecule is C=CCOC12Oc3ccc(OC(=O)NCc4ccccc4)cc3C3C(CCCCO)C(CCCCO)C=C(C(=NOC4CCCCO4)CC1N(C)S(=O)(=O)c1cccc4cccnc14)C32. The van der Waals surface area contributed by atoms with Crippen LogP contribution < -0.4 is 14.8 Å². The van der Waals surface area contributed by atoms with Gasteiger partial charge >= 0.3 is 6.09 Å². The van der Waals surface area contributed by atoms with Crippen molar-refractivity contribution >= 4 is 32.7 Å². The molecule has 7 unspecified atom stereocenters. The van der Waals surface area contributed by atoms with Crippen LogP contribution in [0.25, 0.3) is 10.9 Å². The average Bonchev–Trinajstić information content (AvgIpc) is 3.33. The lowest BCUT2D eigenvalue weighted by atomic mass is 9.55. The van der Waals surface area contributed by atoms with E-state index >= 15 is 8.42 Å². The summed E-state index contributed by atoms with van der Waals surface area (Å²) >= 11 is 0. The number of ether oxygens (including phenoxy) is 4. The van der Waals surface area contributed by atoms with E-state index in [1.54, 1.807) is 49.7 Å². The summed E-state index contributed by atoms with van der Waals surface area (Å²) in [5, 5.41) is 28.3. The second-order valence-electron chi connectivity index (χ2n) is 17.3. The van der Waals surface area contributed by atoms with Gasteiger partial charge in [-0.1, -0.05) is 78.7 Å². The zero-order valence-corrected chi connectivity index (χ0v) is 37.7. The van der Waals surface area contributed by atoms with Crippen molar-refractivity contribution in [3.8, 4) is 11.5 Å². The Hall–Kier alpha value is -5.16. The van der Waals surface area contributed by atoms with E-state index in [9.17, 15) is 15.0 Å². The molecular weight excluding hydrogens is 849 g/mol. The van der Waals surface area contributed by atoms with Gasteiger partial charge in [0.1, 0.15) is 16.4 Å². The summed E-state index contributed by atoms with van der Waals surface area (Å²) in [6.07, 6.45) is 11.0. The number of benzene rings is 3. The Kier molecular flexibility index (Phi) is 15.0. The van der Waals surface area contributed by atoms with Gasteiger partial charge in [0.2, 0.25) is 22.1 Å². The molecule has 0 bridgehead atoms. The van der Waals surface area contributed by atoms with Crippen LogP contribution in [0.5, 0.6) is 11.5 Å². The van der Waals surface area contributed by atoms with E-state index in [0.717, 1.165) is 42.4 Å². The van der Waals surface area contributed by atoms with Gasteiger partial charge in [0.05, 0.1) is 36.4 Å². The number of aliphatic hydroxyl groups excluding tert-OH is 2. The maximum atomic E-state index is 15.2. The van der Waals surface area contributed by atoms with Gasteiger partial charge in [0.15, 0.2) is 0 Å². The van der Waals surface area contributed by atoms with Gasteiger partial charge < -0.3 is 39.3 Å². The first-order valence-corrected chi connectivity index (χ1v) is 24.3. The summed E-state index contributed by atoms with van der Waals surface area (Å²) in [7, 11) is -2.76. The molecule has 2 aliphatic carbocycles. The third-order valence-corrected chi connectivity index (χ3v) is 15.1. The number of allylic oxidation sites excluding steroid dienone is 1. The Balaban J connectivity index is 1.29. The maximum Gasteiger partial charge on any atom is 0.412 e. The van der Waals surface area contributed by atoms with Gasteiger partial charge in [-0.2, -0.15) is 4.31 Å². The molecule has 1 saturated heterocycles. The molecule has 65 heavy (non-hydrogen) atoms. The Morgan fingerprint density at radius 3 is 2.58 bits per heavy atom. The molecule has 7 atom stereocenters. The van der Waals surface area contributed by atoms with Gasteiger partial charge in [0, 0.05) is 62.7 Å². The molecule has 15 heteroatoms. The van der Waals surface area contributed by atoms with Crippen LogP contribution in [0, 0.1) is 17.8 Å². The number of pyridine rings is 1. The van der Waals surface area contributed by atoms with Crippen molar-refractivity contribution in [3.63, 3.8) is 0 Å². The molecule has 2 aliphatic heterocycles. The molecule has 4 aromatic rings. The second kappa shape index (κ2) is 21.0. The zero-order valence-electron chi connectivity index (χ0n) is 36.9. The standard InChI is InChI=1S/C50H60N4O10S/c1-3-28-61-50-44(54(2)65(58,59)43-21-13-18-35-19-14-25-51-48(35)43)32-41(53-64-45-22-9-12-29-60-45)39-30-36(17-7-10-26-55)38(20-8-11-27-56)46(47(39)50)40-31-37(23-24-42(40)63-50)62-49(57)52-33-34-15-5-4-6-16-34/h3-6,13-16,18-19,21,23-25,30-31,36,38,44-47,55-56H,1,7-12,17,20,22,26-29,32-33H2,2H3,(H,52,57). The quantitative estimate of drug-likeness (QED) is 0.0472. The van der Waals surface area contributed by atoms with Crippen molar-refractivity contribution in [1.29, 1.82) is 0 Å². The molecule has 3 aromatic carbocycles. The zero-order chi connectivity index (χ0) is 45.4. The van der Waals surface area contributed by atoms with Gasteiger partial charge in [-0.3, -0.25) is 4.98 Å². The summed E-state index contributed by atoms with van der Waals surface area (Å²) in [4.78, 5) is 24.1. The first kappa shape index (κ1) is 46.4. The van der Waals surface area contributed by atoms with E-state index in [1.165, 1.54) is 4.31 Å². The summed E-state index contributed by atoms with van der Waals surface area (Å²) in [5.41, 5.74) is 3.40. The number of para-hydroxylation sites is 1. The highest BCUT2D eigenvalue weighted by Gasteiger charge is 2.66. The highest BCUT2D eigenvalue weighted by atomic mass is 32.2. The Bertz CT molecular complexity index is 2450. The van der Waals surface area contributed by atoms with E-state index in [0.29, 0.717) is 66.8 Å². The molecule has 14 nitrogen and oxygen atoms in total. The molecule has 8 rings (SSSR count). The van der Waals surface area contributed by atoms with Gasteiger partial charge in [0.25, 0.3) is 0 Å². The number of carbonyl (C=O) groups excluding carboxylic acids is 1. The van der Waals surface area contributed by atoms with Crippen molar-refractivity contribution in [1.82, 2.24) is 14.6 Å². The number of hydrogen-bond acceptors (Lipinski definition) is 12. The predicted octanol–water partition coefficient (Wildman–Crippen LogP) is 8.00. The highest BCUT2D eigenvalue weighted by molar-refractivity contribution is 7.89. The number of nitrogens with zero attached hydrogens (tertiary/aromatic N) is 3.